The summed E-state index contributed by atoms with van der Waals surface area (Å²) in [4.78, 5) is 0. The molecule has 0 saturated heterocycles. The van der Waals surface area contributed by atoms with Crippen molar-refractivity contribution in [3.63, 3.8) is 0 Å². The van der Waals surface area contributed by atoms with E-state index in [4.69, 9.17) is 11.0 Å². The van der Waals surface area contributed by atoms with E-state index in [1.807, 2.05) is 0 Å². The Hall–Kier alpha value is -0.400. The third-order valence-electron chi connectivity index (χ3n) is 0.129. The largest absolute Gasteiger partial charge is 0.337 e. The maximum absolute atomic E-state index is 7.10. The van der Waals surface area contributed by atoms with Gasteiger partial charge in [0.2, 0.25) is 0 Å². The van der Waals surface area contributed by atoms with E-state index in [9.17, 15) is 0 Å². The van der Waals surface area contributed by atoms with Crippen LogP contribution in [0.3, 0.4) is 0 Å². The van der Waals surface area contributed by atoms with E-state index in [0.717, 1.165) is 5.75 Å². The summed E-state index contributed by atoms with van der Waals surface area (Å²) in [5.41, 5.74) is 9.10. The number of hydrogen-bond donors (Lipinski definition) is 3. The zero-order valence-corrected chi connectivity index (χ0v) is 4.86. The van der Waals surface area contributed by atoms with Gasteiger partial charge in [0.15, 0.2) is 6.19 Å². The van der Waals surface area contributed by atoms with E-state index in [2.05, 4.69) is 18.4 Å². The van der Waals surface area contributed by atoms with Crippen LogP contribution < -0.4 is 11.5 Å². The van der Waals surface area contributed by atoms with Crippen LogP contribution in [0.15, 0.2) is 0 Å². The Balaban J connectivity index is 0. The molecule has 0 bridgehead atoms. The van der Waals surface area contributed by atoms with Crippen molar-refractivity contribution in [2.75, 3.05) is 12.3 Å². The molecule has 0 saturated carbocycles. The summed E-state index contributed by atoms with van der Waals surface area (Å²) in [6.45, 7) is 0.684. The third kappa shape index (κ3) is 202. The first-order chi connectivity index (χ1) is 3.33. The first-order valence-electron chi connectivity index (χ1n) is 1.74. The van der Waals surface area contributed by atoms with Crippen molar-refractivity contribution in [2.24, 2.45) is 11.5 Å². The van der Waals surface area contributed by atoms with Crippen LogP contribution in [0.5, 0.6) is 0 Å². The number of rotatable bonds is 1. The highest BCUT2D eigenvalue weighted by atomic mass is 32.1. The molecule has 0 atom stereocenters. The summed E-state index contributed by atoms with van der Waals surface area (Å²) in [6, 6.07) is 0. The second-order valence-corrected chi connectivity index (χ2v) is 1.09. The van der Waals surface area contributed by atoms with Gasteiger partial charge in [0.1, 0.15) is 0 Å². The van der Waals surface area contributed by atoms with Crippen molar-refractivity contribution in [2.45, 2.75) is 0 Å². The molecule has 3 nitrogen and oxygen atoms in total. The smallest absolute Gasteiger partial charge is 0.173 e. The minimum atomic E-state index is 0.684. The van der Waals surface area contributed by atoms with Gasteiger partial charge >= 0.3 is 0 Å². The van der Waals surface area contributed by atoms with Crippen molar-refractivity contribution < 1.29 is 0 Å². The second kappa shape index (κ2) is 17.5. The third-order valence-corrected chi connectivity index (χ3v) is 0.387. The lowest BCUT2D eigenvalue weighted by atomic mass is 10.8. The second-order valence-electron chi connectivity index (χ2n) is 0.641. The van der Waals surface area contributed by atoms with Gasteiger partial charge in [0, 0.05) is 12.3 Å². The zero-order chi connectivity index (χ0) is 6.12. The van der Waals surface area contributed by atoms with E-state index in [1.165, 1.54) is 6.19 Å². The fourth-order valence-corrected chi connectivity index (χ4v) is 0. The van der Waals surface area contributed by atoms with Crippen LogP contribution in [0.4, 0.5) is 0 Å². The first-order valence-corrected chi connectivity index (χ1v) is 2.37. The lowest BCUT2D eigenvalue weighted by Gasteiger charge is -1.69. The lowest BCUT2D eigenvalue weighted by Crippen LogP contribution is -1.97. The minimum absolute atomic E-state index is 0.684. The molecule has 0 unspecified atom stereocenters. The highest BCUT2D eigenvalue weighted by molar-refractivity contribution is 7.80. The molecule has 42 valence electrons. The number of nitrogens with zero attached hydrogens (tertiary/aromatic N) is 1. The molecule has 0 aromatic rings. The monoisotopic (exact) mass is 119 g/mol. The summed E-state index contributed by atoms with van der Waals surface area (Å²) >= 11 is 3.80. The maximum atomic E-state index is 7.10. The molecule has 7 heavy (non-hydrogen) atoms. The van der Waals surface area contributed by atoms with E-state index < -0.39 is 0 Å². The molecule has 0 aromatic heterocycles. The fraction of sp³-hybridized carbons (Fsp3) is 0.667. The van der Waals surface area contributed by atoms with E-state index >= 15 is 0 Å². The van der Waals surface area contributed by atoms with Crippen molar-refractivity contribution in [3.05, 3.63) is 0 Å². The molecule has 0 fully saturated rings. The van der Waals surface area contributed by atoms with Crippen molar-refractivity contribution in [3.8, 4) is 6.19 Å². The van der Waals surface area contributed by atoms with Crippen LogP contribution in [0, 0.1) is 11.5 Å². The summed E-state index contributed by atoms with van der Waals surface area (Å²) in [5, 5.41) is 7.10. The van der Waals surface area contributed by atoms with Gasteiger partial charge in [-0.3, -0.25) is 0 Å². The van der Waals surface area contributed by atoms with Crippen LogP contribution >= 0.6 is 12.6 Å². The van der Waals surface area contributed by atoms with E-state index in [1.54, 1.807) is 0 Å². The van der Waals surface area contributed by atoms with Gasteiger partial charge in [0.25, 0.3) is 0 Å². The summed E-state index contributed by atoms with van der Waals surface area (Å²) in [6.07, 6.45) is 1.25. The van der Waals surface area contributed by atoms with E-state index in [-0.39, 0.29) is 0 Å². The van der Waals surface area contributed by atoms with Gasteiger partial charge in [-0.05, 0) is 0 Å². The van der Waals surface area contributed by atoms with Crippen LogP contribution in [0.25, 0.3) is 0 Å². The van der Waals surface area contributed by atoms with Gasteiger partial charge in [-0.2, -0.15) is 17.9 Å². The Morgan fingerprint density at radius 1 is 1.71 bits per heavy atom. The molecule has 0 amide bonds. The van der Waals surface area contributed by atoms with Gasteiger partial charge in [0.05, 0.1) is 0 Å². The Morgan fingerprint density at radius 2 is 1.86 bits per heavy atom. The molecule has 0 heterocycles. The summed E-state index contributed by atoms with van der Waals surface area (Å²) in [7, 11) is 0. The molecular formula is C3H9N3S. The van der Waals surface area contributed by atoms with Crippen molar-refractivity contribution >= 4 is 12.6 Å². The standard InChI is InChI=1S/C2H7NS.CH2N2/c3-1-2-4;2-1-3/h4H,1-3H2;2H2. The van der Waals surface area contributed by atoms with Crippen LogP contribution in [0.2, 0.25) is 0 Å². The lowest BCUT2D eigenvalue weighted by molar-refractivity contribution is 1.16. The predicted octanol–water partition coefficient (Wildman–Crippen LogP) is -0.699. The Labute approximate surface area is 48.7 Å². The molecule has 0 spiro atoms. The fourth-order valence-electron chi connectivity index (χ4n) is 0. The number of nitriles is 1. The molecular weight excluding hydrogens is 110 g/mol. The molecule has 0 aromatic carbocycles. The molecule has 0 aliphatic carbocycles. The predicted molar refractivity (Wildman–Crippen MR) is 32.7 cm³/mol. The van der Waals surface area contributed by atoms with Gasteiger partial charge < -0.3 is 11.5 Å². The Kier molecular flexibility index (Phi) is 24.5. The maximum Gasteiger partial charge on any atom is 0.173 e. The van der Waals surface area contributed by atoms with Crippen LogP contribution in [-0.4, -0.2) is 12.3 Å². The molecule has 0 rings (SSSR count). The van der Waals surface area contributed by atoms with Crippen molar-refractivity contribution in [1.82, 2.24) is 0 Å². The quantitative estimate of drug-likeness (QED) is 0.243. The SMILES string of the molecule is N#CN.NCCS. The highest BCUT2D eigenvalue weighted by Crippen LogP contribution is 1.58. The normalized spacial score (nSPS) is 5.29. The van der Waals surface area contributed by atoms with Gasteiger partial charge in [-0.1, -0.05) is 0 Å². The Bertz CT molecular complexity index is 46.6. The van der Waals surface area contributed by atoms with Gasteiger partial charge in [-0.25, -0.2) is 0 Å². The highest BCUT2D eigenvalue weighted by Gasteiger charge is 1.56. The molecule has 0 aliphatic heterocycles. The van der Waals surface area contributed by atoms with E-state index in [0.29, 0.717) is 6.54 Å². The van der Waals surface area contributed by atoms with Crippen LogP contribution in [-0.2, 0) is 0 Å². The number of nitrogens with two attached hydrogens (primary N) is 2. The molecule has 0 aliphatic rings. The Morgan fingerprint density at radius 3 is 1.86 bits per heavy atom. The molecule has 4 heteroatoms. The van der Waals surface area contributed by atoms with Crippen molar-refractivity contribution in [1.29, 1.82) is 5.26 Å². The topological polar surface area (TPSA) is 75.8 Å². The molecule has 0 radical (unpaired) electrons. The zero-order valence-electron chi connectivity index (χ0n) is 3.96. The minimum Gasteiger partial charge on any atom is -0.337 e. The summed E-state index contributed by atoms with van der Waals surface area (Å²) < 4.78 is 0. The average molecular weight is 119 g/mol. The average Bonchev–Trinajstić information content (AvgIpc) is 1.69. The number of thiol groups is 1. The summed E-state index contributed by atoms with van der Waals surface area (Å²) in [5.74, 6) is 0.792. The van der Waals surface area contributed by atoms with Gasteiger partial charge in [-0.15, -0.1) is 0 Å². The number of hydrogen-bond acceptors (Lipinski definition) is 4. The first kappa shape index (κ1) is 9.78. The van der Waals surface area contributed by atoms with Crippen LogP contribution in [0.1, 0.15) is 0 Å². The molecule has 4 N–H and O–H groups in total.